The summed E-state index contributed by atoms with van der Waals surface area (Å²) in [4.78, 5) is 28.7. The highest BCUT2D eigenvalue weighted by atomic mass is 19.1. The summed E-state index contributed by atoms with van der Waals surface area (Å²) < 4.78 is 18.5. The van der Waals surface area contributed by atoms with Crippen molar-refractivity contribution >= 4 is 22.7 Å². The van der Waals surface area contributed by atoms with Crippen LogP contribution in [0, 0.1) is 23.1 Å². The molecule has 2 N–H and O–H groups in total. The van der Waals surface area contributed by atoms with Crippen molar-refractivity contribution in [3.63, 3.8) is 0 Å². The molecule has 2 aliphatic rings. The standard InChI is InChI=1S/C21H23FN4O3/c22-14-6-7-15-17(11-14)29-20(28)25-18(15)24-16(10-13-4-2-1-3-5-13)19(27)26-21(12-23)8-9-21/h6-7,11,13,16H,1-5,8-10H2,(H,26,27)(H,24,25,28). The quantitative estimate of drug-likeness (QED) is 0.773. The number of carbonyl (C=O) groups is 1. The van der Waals surface area contributed by atoms with Crippen LogP contribution in [0.5, 0.6) is 0 Å². The third kappa shape index (κ3) is 4.39. The number of carbonyl (C=O) groups excluding carboxylic acids is 1. The number of nitriles is 1. The van der Waals surface area contributed by atoms with Gasteiger partial charge >= 0.3 is 5.76 Å². The van der Waals surface area contributed by atoms with E-state index in [2.05, 4.69) is 21.7 Å². The molecule has 2 saturated carbocycles. The van der Waals surface area contributed by atoms with Crippen LogP contribution in [0.4, 0.5) is 10.2 Å². The minimum atomic E-state index is -0.863. The summed E-state index contributed by atoms with van der Waals surface area (Å²) in [5.41, 5.74) is -0.710. The molecule has 0 saturated heterocycles. The molecule has 1 unspecified atom stereocenters. The van der Waals surface area contributed by atoms with Crippen molar-refractivity contribution in [2.24, 2.45) is 5.92 Å². The molecule has 152 valence electrons. The van der Waals surface area contributed by atoms with Crippen LogP contribution in [-0.2, 0) is 4.79 Å². The Kier molecular flexibility index (Phi) is 5.22. The molecule has 2 aliphatic carbocycles. The molecule has 0 aliphatic heterocycles. The fourth-order valence-electron chi connectivity index (χ4n) is 4.02. The first-order valence-corrected chi connectivity index (χ1v) is 10.1. The molecule has 0 spiro atoms. The van der Waals surface area contributed by atoms with Crippen molar-refractivity contribution < 1.29 is 13.6 Å². The summed E-state index contributed by atoms with van der Waals surface area (Å²) in [6.07, 6.45) is 7.43. The van der Waals surface area contributed by atoms with Crippen LogP contribution in [0.25, 0.3) is 11.0 Å². The predicted octanol–water partition coefficient (Wildman–Crippen LogP) is 3.25. The van der Waals surface area contributed by atoms with Gasteiger partial charge in [-0.2, -0.15) is 10.2 Å². The minimum absolute atomic E-state index is 0.0695. The highest BCUT2D eigenvalue weighted by Crippen LogP contribution is 2.35. The molecule has 4 rings (SSSR count). The van der Waals surface area contributed by atoms with E-state index in [4.69, 9.17) is 4.42 Å². The number of aromatic nitrogens is 1. The zero-order valence-electron chi connectivity index (χ0n) is 16.0. The van der Waals surface area contributed by atoms with Gasteiger partial charge < -0.3 is 15.1 Å². The fraction of sp³-hybridized carbons (Fsp3) is 0.524. The van der Waals surface area contributed by atoms with Crippen LogP contribution < -0.4 is 16.4 Å². The summed E-state index contributed by atoms with van der Waals surface area (Å²) in [5, 5.41) is 15.7. The number of hydrogen-bond acceptors (Lipinski definition) is 6. The first kappa shape index (κ1) is 19.4. The topological polar surface area (TPSA) is 108 Å². The van der Waals surface area contributed by atoms with E-state index >= 15 is 0 Å². The first-order valence-electron chi connectivity index (χ1n) is 10.1. The van der Waals surface area contributed by atoms with Gasteiger partial charge in [-0.1, -0.05) is 32.1 Å². The molecule has 1 aromatic heterocycles. The molecule has 7 nitrogen and oxygen atoms in total. The number of hydrogen-bond donors (Lipinski definition) is 2. The molecule has 2 aromatic rings. The van der Waals surface area contributed by atoms with E-state index in [1.807, 2.05) is 0 Å². The Labute approximate surface area is 167 Å². The van der Waals surface area contributed by atoms with Gasteiger partial charge in [-0.3, -0.25) is 4.79 Å². The monoisotopic (exact) mass is 398 g/mol. The number of halogens is 1. The fourth-order valence-corrected chi connectivity index (χ4v) is 4.02. The molecular weight excluding hydrogens is 375 g/mol. The third-order valence-electron chi connectivity index (χ3n) is 5.85. The Morgan fingerprint density at radius 2 is 2.10 bits per heavy atom. The molecular formula is C21H23FN4O3. The number of benzene rings is 1. The summed E-state index contributed by atoms with van der Waals surface area (Å²) in [6, 6.07) is 5.36. The zero-order valence-corrected chi connectivity index (χ0v) is 16.0. The minimum Gasteiger partial charge on any atom is -0.408 e. The maximum absolute atomic E-state index is 13.5. The van der Waals surface area contributed by atoms with Crippen molar-refractivity contribution in [2.45, 2.75) is 62.9 Å². The van der Waals surface area contributed by atoms with Gasteiger partial charge in [0.25, 0.3) is 0 Å². The second kappa shape index (κ2) is 7.82. The predicted molar refractivity (Wildman–Crippen MR) is 105 cm³/mol. The van der Waals surface area contributed by atoms with Crippen molar-refractivity contribution in [1.82, 2.24) is 10.3 Å². The van der Waals surface area contributed by atoms with Crippen molar-refractivity contribution in [3.8, 4) is 6.07 Å². The Bertz CT molecular complexity index is 1020. The molecule has 0 bridgehead atoms. The van der Waals surface area contributed by atoms with Gasteiger partial charge in [0.15, 0.2) is 0 Å². The summed E-state index contributed by atoms with van der Waals surface area (Å²) in [5.74, 6) is -1.10. The van der Waals surface area contributed by atoms with Gasteiger partial charge in [0.1, 0.15) is 28.8 Å². The lowest BCUT2D eigenvalue weighted by molar-refractivity contribution is -0.122. The number of nitrogens with one attached hydrogen (secondary N) is 2. The van der Waals surface area contributed by atoms with Crippen LogP contribution in [0.3, 0.4) is 0 Å². The average molecular weight is 398 g/mol. The van der Waals surface area contributed by atoms with E-state index in [9.17, 15) is 19.2 Å². The van der Waals surface area contributed by atoms with E-state index in [1.54, 1.807) is 0 Å². The second-order valence-electron chi connectivity index (χ2n) is 8.09. The van der Waals surface area contributed by atoms with E-state index in [0.29, 0.717) is 30.6 Å². The van der Waals surface area contributed by atoms with Gasteiger partial charge in [-0.25, -0.2) is 9.18 Å². The lowest BCUT2D eigenvalue weighted by Crippen LogP contribution is -2.46. The van der Waals surface area contributed by atoms with Crippen LogP contribution in [-0.4, -0.2) is 22.5 Å². The number of anilines is 1. The van der Waals surface area contributed by atoms with E-state index < -0.39 is 23.2 Å². The largest absolute Gasteiger partial charge is 0.441 e. The molecule has 1 aromatic carbocycles. The number of rotatable bonds is 6. The molecule has 2 fully saturated rings. The first-order chi connectivity index (χ1) is 14.0. The second-order valence-corrected chi connectivity index (χ2v) is 8.09. The van der Waals surface area contributed by atoms with Gasteiger partial charge in [-0.05, 0) is 37.3 Å². The molecule has 8 heteroatoms. The van der Waals surface area contributed by atoms with Crippen LogP contribution in [0.1, 0.15) is 51.4 Å². The van der Waals surface area contributed by atoms with Gasteiger partial charge in [0, 0.05) is 6.07 Å². The van der Waals surface area contributed by atoms with Gasteiger partial charge in [0.2, 0.25) is 5.91 Å². The maximum Gasteiger partial charge on any atom is 0.441 e. The SMILES string of the molecule is N#CC1(NC(=O)C(CC2CCCCC2)Nc2nc(=O)oc3cc(F)ccc23)CC1. The van der Waals surface area contributed by atoms with Crippen molar-refractivity contribution in [2.75, 3.05) is 5.32 Å². The number of amides is 1. The van der Waals surface area contributed by atoms with E-state index in [-0.39, 0.29) is 17.3 Å². The lowest BCUT2D eigenvalue weighted by Gasteiger charge is -2.27. The highest BCUT2D eigenvalue weighted by molar-refractivity contribution is 5.91. The number of fused-ring (bicyclic) bond motifs is 1. The Balaban J connectivity index is 1.62. The summed E-state index contributed by atoms with van der Waals surface area (Å²) in [6.45, 7) is 0. The Morgan fingerprint density at radius 3 is 2.79 bits per heavy atom. The maximum atomic E-state index is 13.5. The summed E-state index contributed by atoms with van der Waals surface area (Å²) in [7, 11) is 0. The highest BCUT2D eigenvalue weighted by Gasteiger charge is 2.45. The zero-order chi connectivity index (χ0) is 20.4. The smallest absolute Gasteiger partial charge is 0.408 e. The van der Waals surface area contributed by atoms with E-state index in [1.165, 1.54) is 18.6 Å². The molecule has 29 heavy (non-hydrogen) atoms. The Morgan fingerprint density at radius 1 is 1.34 bits per heavy atom. The van der Waals surface area contributed by atoms with Crippen LogP contribution >= 0.6 is 0 Å². The van der Waals surface area contributed by atoms with Crippen molar-refractivity contribution in [3.05, 3.63) is 34.6 Å². The lowest BCUT2D eigenvalue weighted by atomic mass is 9.84. The molecule has 1 heterocycles. The average Bonchev–Trinajstić information content (AvgIpc) is 3.47. The van der Waals surface area contributed by atoms with Crippen LogP contribution in [0.2, 0.25) is 0 Å². The molecule has 1 atom stereocenters. The molecule has 1 amide bonds. The van der Waals surface area contributed by atoms with Crippen LogP contribution in [0.15, 0.2) is 27.4 Å². The van der Waals surface area contributed by atoms with E-state index in [0.717, 1.165) is 31.7 Å². The number of nitrogens with zero attached hydrogens (tertiary/aromatic N) is 2. The third-order valence-corrected chi connectivity index (χ3v) is 5.85. The van der Waals surface area contributed by atoms with Gasteiger partial charge in [-0.15, -0.1) is 0 Å². The normalized spacial score (nSPS) is 19.3. The summed E-state index contributed by atoms with van der Waals surface area (Å²) >= 11 is 0. The Hall–Kier alpha value is -2.95. The van der Waals surface area contributed by atoms with Gasteiger partial charge in [0.05, 0.1) is 11.5 Å². The molecule has 0 radical (unpaired) electrons. The van der Waals surface area contributed by atoms with Crippen molar-refractivity contribution in [1.29, 1.82) is 5.26 Å².